The zero-order valence-corrected chi connectivity index (χ0v) is 40.1. The molecule has 0 spiro atoms. The van der Waals surface area contributed by atoms with E-state index in [0.29, 0.717) is 0 Å². The molecule has 0 aliphatic rings. The summed E-state index contributed by atoms with van der Waals surface area (Å²) in [6, 6.07) is 108. The van der Waals surface area contributed by atoms with E-state index in [9.17, 15) is 0 Å². The number of fused-ring (bicyclic) bond motifs is 5. The highest BCUT2D eigenvalue weighted by Crippen LogP contribution is 2.45. The lowest BCUT2D eigenvalue weighted by Crippen LogP contribution is -2.74. The van der Waals surface area contributed by atoms with Gasteiger partial charge in [0.15, 0.2) is 8.07 Å². The molecule has 0 N–H and O–H groups in total. The van der Waals surface area contributed by atoms with Crippen molar-refractivity contribution in [2.45, 2.75) is 0 Å². The van der Waals surface area contributed by atoms with Crippen LogP contribution in [0.1, 0.15) is 0 Å². The van der Waals surface area contributed by atoms with Gasteiger partial charge >= 0.3 is 0 Å². The molecule has 0 atom stereocenters. The van der Waals surface area contributed by atoms with Crippen LogP contribution in [0.25, 0.3) is 71.3 Å². The van der Waals surface area contributed by atoms with Crippen LogP contribution in [0, 0.1) is 0 Å². The predicted molar refractivity (Wildman–Crippen MR) is 305 cm³/mol. The van der Waals surface area contributed by atoms with Crippen LogP contribution in [0.2, 0.25) is 0 Å². The van der Waals surface area contributed by atoms with Gasteiger partial charge < -0.3 is 9.47 Å². The van der Waals surface area contributed by atoms with E-state index in [1.807, 2.05) is 0 Å². The second-order valence-corrected chi connectivity index (χ2v) is 22.2. The van der Waals surface area contributed by atoms with Gasteiger partial charge in [0.25, 0.3) is 0 Å². The molecule has 334 valence electrons. The smallest absolute Gasteiger partial charge is 0.179 e. The first-order valence-electron chi connectivity index (χ1n) is 24.5. The highest BCUT2D eigenvalue weighted by Gasteiger charge is 2.41. The van der Waals surface area contributed by atoms with Crippen LogP contribution >= 0.6 is 0 Å². The maximum atomic E-state index is 2.46. The predicted octanol–water partition coefficient (Wildman–Crippen LogP) is 15.3. The van der Waals surface area contributed by atoms with E-state index < -0.39 is 8.07 Å². The standard InChI is InChI=1S/C68H48N2Si/c1-4-24-58(25-5-1)71(59-26-6-2-7-27-59,60-28-8-3-9-29-60)61-30-16-23-54(48-61)50-37-42-55(43-38-50)69(56-44-40-52(41-45-56)63-33-17-22-51-20-12-13-31-62(51)63)66-35-18-36-67-68(66)64-32-14-15-34-65(64)70(67)57-46-39-49-19-10-11-21-53(49)47-57/h1-48H. The maximum Gasteiger partial charge on any atom is 0.179 e. The van der Waals surface area contributed by atoms with E-state index in [-0.39, 0.29) is 0 Å². The van der Waals surface area contributed by atoms with Crippen LogP contribution in [0.5, 0.6) is 0 Å². The van der Waals surface area contributed by atoms with Crippen LogP contribution in [0.4, 0.5) is 17.1 Å². The molecule has 13 rings (SSSR count). The largest absolute Gasteiger partial charge is 0.310 e. The molecule has 0 saturated carbocycles. The average Bonchev–Trinajstić information content (AvgIpc) is 3.79. The average molecular weight is 921 g/mol. The van der Waals surface area contributed by atoms with Gasteiger partial charge in [-0.3, -0.25) is 0 Å². The van der Waals surface area contributed by atoms with Gasteiger partial charge in [-0.05, 0) is 119 Å². The van der Waals surface area contributed by atoms with Crippen LogP contribution < -0.4 is 25.6 Å². The molecule has 0 aliphatic carbocycles. The number of hydrogen-bond acceptors (Lipinski definition) is 1. The van der Waals surface area contributed by atoms with E-state index in [1.165, 1.54) is 80.8 Å². The third kappa shape index (κ3) is 7.26. The number of nitrogens with zero attached hydrogens (tertiary/aromatic N) is 2. The Morgan fingerprint density at radius 1 is 0.296 bits per heavy atom. The van der Waals surface area contributed by atoms with Gasteiger partial charge in [0.05, 0.1) is 16.7 Å². The van der Waals surface area contributed by atoms with Crippen molar-refractivity contribution < 1.29 is 0 Å². The molecule has 2 nitrogen and oxygen atoms in total. The first kappa shape index (κ1) is 42.1. The van der Waals surface area contributed by atoms with Gasteiger partial charge in [0.2, 0.25) is 0 Å². The van der Waals surface area contributed by atoms with Crippen molar-refractivity contribution in [2.24, 2.45) is 0 Å². The molecule has 0 bridgehead atoms. The number of hydrogen-bond donors (Lipinski definition) is 0. The minimum atomic E-state index is -2.72. The lowest BCUT2D eigenvalue weighted by Gasteiger charge is -2.34. The number of aromatic nitrogens is 1. The van der Waals surface area contributed by atoms with Crippen LogP contribution in [0.3, 0.4) is 0 Å². The van der Waals surface area contributed by atoms with Gasteiger partial charge in [0, 0.05) is 27.8 Å². The Morgan fingerprint density at radius 2 is 0.803 bits per heavy atom. The van der Waals surface area contributed by atoms with Crippen molar-refractivity contribution >= 4 is 89.2 Å². The van der Waals surface area contributed by atoms with Crippen molar-refractivity contribution in [1.29, 1.82) is 0 Å². The summed E-state index contributed by atoms with van der Waals surface area (Å²) in [6.45, 7) is 0. The highest BCUT2D eigenvalue weighted by molar-refractivity contribution is 7.19. The Morgan fingerprint density at radius 3 is 1.48 bits per heavy atom. The van der Waals surface area contributed by atoms with Crippen LogP contribution in [0.15, 0.2) is 291 Å². The lowest BCUT2D eigenvalue weighted by molar-refractivity contribution is 1.18. The third-order valence-electron chi connectivity index (χ3n) is 14.5. The Hall–Kier alpha value is -9.02. The SMILES string of the molecule is c1ccc([Si](c2ccccc2)(c2ccccc2)c2cccc(-c3ccc(N(c4ccc(-c5cccc6ccccc56)cc4)c4cccc5c4c4ccccc4n5-c4ccc5ccccc5c4)cc3)c2)cc1. The summed E-state index contributed by atoms with van der Waals surface area (Å²) in [4.78, 5) is 2.45. The monoisotopic (exact) mass is 920 g/mol. The van der Waals surface area contributed by atoms with Crippen LogP contribution in [-0.4, -0.2) is 12.6 Å². The summed E-state index contributed by atoms with van der Waals surface area (Å²) in [6.07, 6.45) is 0. The van der Waals surface area contributed by atoms with E-state index in [4.69, 9.17) is 0 Å². The topological polar surface area (TPSA) is 8.17 Å². The zero-order chi connectivity index (χ0) is 47.1. The van der Waals surface area contributed by atoms with Gasteiger partial charge in [-0.2, -0.15) is 0 Å². The van der Waals surface area contributed by atoms with Crippen molar-refractivity contribution in [3.8, 4) is 27.9 Å². The molecule has 0 saturated heterocycles. The molecular formula is C68H48N2Si. The van der Waals surface area contributed by atoms with Gasteiger partial charge in [0.1, 0.15) is 0 Å². The molecule has 3 heteroatoms. The lowest BCUT2D eigenvalue weighted by atomic mass is 9.98. The fourth-order valence-corrected chi connectivity index (χ4v) is 16.1. The number of benzene rings is 12. The summed E-state index contributed by atoms with van der Waals surface area (Å²) >= 11 is 0. The minimum absolute atomic E-state index is 1.08. The second kappa shape index (κ2) is 17.8. The van der Waals surface area contributed by atoms with Gasteiger partial charge in [-0.1, -0.05) is 237 Å². The summed E-state index contributed by atoms with van der Waals surface area (Å²) in [5.74, 6) is 0. The molecule has 13 aromatic rings. The Balaban J connectivity index is 0.975. The van der Waals surface area contributed by atoms with Gasteiger partial charge in [-0.25, -0.2) is 0 Å². The number of anilines is 3. The van der Waals surface area contributed by atoms with E-state index >= 15 is 0 Å². The molecule has 71 heavy (non-hydrogen) atoms. The number of para-hydroxylation sites is 1. The maximum absolute atomic E-state index is 2.72. The fraction of sp³-hybridized carbons (Fsp3) is 0. The Labute approximate surface area is 415 Å². The third-order valence-corrected chi connectivity index (χ3v) is 19.3. The summed E-state index contributed by atoms with van der Waals surface area (Å²) in [5.41, 5.74) is 11.5. The molecule has 1 heterocycles. The van der Waals surface area contributed by atoms with Crippen molar-refractivity contribution in [2.75, 3.05) is 4.90 Å². The van der Waals surface area contributed by atoms with E-state index in [1.54, 1.807) is 0 Å². The van der Waals surface area contributed by atoms with Crippen molar-refractivity contribution in [3.63, 3.8) is 0 Å². The molecule has 0 unspecified atom stereocenters. The molecule has 1 aromatic heterocycles. The molecule has 0 radical (unpaired) electrons. The molecule has 0 aliphatic heterocycles. The van der Waals surface area contributed by atoms with Crippen molar-refractivity contribution in [3.05, 3.63) is 291 Å². The fourth-order valence-electron chi connectivity index (χ4n) is 11.3. The summed E-state index contributed by atoms with van der Waals surface area (Å²) in [7, 11) is -2.72. The second-order valence-electron chi connectivity index (χ2n) is 18.4. The molecule has 0 fully saturated rings. The highest BCUT2D eigenvalue weighted by atomic mass is 28.3. The minimum Gasteiger partial charge on any atom is -0.310 e. The first-order chi connectivity index (χ1) is 35.2. The summed E-state index contributed by atoms with van der Waals surface area (Å²) in [5, 5.41) is 12.8. The normalized spacial score (nSPS) is 11.7. The molecule has 12 aromatic carbocycles. The number of rotatable bonds is 10. The first-order valence-corrected chi connectivity index (χ1v) is 26.5. The Bertz CT molecular complexity index is 3930. The summed E-state index contributed by atoms with van der Waals surface area (Å²) < 4.78 is 2.43. The van der Waals surface area contributed by atoms with E-state index in [0.717, 1.165) is 28.3 Å². The quantitative estimate of drug-likeness (QED) is 0.0980. The molecular weight excluding hydrogens is 873 g/mol. The van der Waals surface area contributed by atoms with Crippen molar-refractivity contribution in [1.82, 2.24) is 4.57 Å². The Kier molecular flexibility index (Phi) is 10.6. The van der Waals surface area contributed by atoms with Gasteiger partial charge in [-0.15, -0.1) is 0 Å². The zero-order valence-electron chi connectivity index (χ0n) is 39.1. The van der Waals surface area contributed by atoms with Crippen LogP contribution in [-0.2, 0) is 0 Å². The van der Waals surface area contributed by atoms with E-state index in [2.05, 4.69) is 301 Å². The molecule has 0 amide bonds.